The van der Waals surface area contributed by atoms with E-state index in [1.54, 1.807) is 4.90 Å². The highest BCUT2D eigenvalue weighted by Crippen LogP contribution is 2.48. The summed E-state index contributed by atoms with van der Waals surface area (Å²) >= 11 is 0. The number of carboxylic acid groups (broad SMARTS) is 1. The molecule has 3 aliphatic rings. The summed E-state index contributed by atoms with van der Waals surface area (Å²) in [5.74, 6) is 0.190. The molecule has 1 atom stereocenters. The number of amides is 1. The van der Waals surface area contributed by atoms with Gasteiger partial charge in [-0.05, 0) is 50.4 Å². The Morgan fingerprint density at radius 2 is 1.63 bits per heavy atom. The standard InChI is InChI=1S/C15H21NO3/c17-14(8-13(10-3-4-10)11-5-6-11)16-7-1-2-12(9-16)15(18)19/h8,10-12H,1-7,9H2,(H,18,19)/t12-/m1/s1. The first-order valence-electron chi connectivity index (χ1n) is 7.38. The highest BCUT2D eigenvalue weighted by Gasteiger charge is 2.37. The Kier molecular flexibility index (Phi) is 3.33. The predicted octanol–water partition coefficient (Wildman–Crippen LogP) is 2.06. The summed E-state index contributed by atoms with van der Waals surface area (Å²) in [6.07, 6.45) is 8.25. The Morgan fingerprint density at radius 1 is 1.00 bits per heavy atom. The van der Waals surface area contributed by atoms with Crippen molar-refractivity contribution >= 4 is 11.9 Å². The molecular formula is C15H21NO3. The van der Waals surface area contributed by atoms with Crippen LogP contribution in [0, 0.1) is 17.8 Å². The van der Waals surface area contributed by atoms with Gasteiger partial charge in [0.25, 0.3) is 0 Å². The third-order valence-corrected chi connectivity index (χ3v) is 4.47. The Balaban J connectivity index is 1.65. The van der Waals surface area contributed by atoms with Gasteiger partial charge in [0, 0.05) is 19.2 Å². The van der Waals surface area contributed by atoms with E-state index in [0.717, 1.165) is 6.42 Å². The molecule has 2 aliphatic carbocycles. The van der Waals surface area contributed by atoms with Crippen molar-refractivity contribution in [2.75, 3.05) is 13.1 Å². The van der Waals surface area contributed by atoms with Gasteiger partial charge in [0.05, 0.1) is 5.92 Å². The fourth-order valence-electron chi connectivity index (χ4n) is 3.02. The number of carboxylic acids is 1. The highest BCUT2D eigenvalue weighted by atomic mass is 16.4. The summed E-state index contributed by atoms with van der Waals surface area (Å²) in [6.45, 7) is 1.09. The molecule has 1 amide bonds. The van der Waals surface area contributed by atoms with E-state index in [4.69, 9.17) is 5.11 Å². The normalized spacial score (nSPS) is 26.9. The van der Waals surface area contributed by atoms with Crippen molar-refractivity contribution in [1.82, 2.24) is 4.90 Å². The second kappa shape index (κ2) is 4.99. The Labute approximate surface area is 113 Å². The van der Waals surface area contributed by atoms with Gasteiger partial charge in [0.1, 0.15) is 0 Å². The number of aliphatic carboxylic acids is 1. The molecule has 0 radical (unpaired) electrons. The zero-order valence-electron chi connectivity index (χ0n) is 11.2. The summed E-state index contributed by atoms with van der Waals surface area (Å²) in [5, 5.41) is 9.06. The molecule has 3 rings (SSSR count). The van der Waals surface area contributed by atoms with Crippen molar-refractivity contribution in [2.45, 2.75) is 38.5 Å². The van der Waals surface area contributed by atoms with Gasteiger partial charge >= 0.3 is 5.97 Å². The smallest absolute Gasteiger partial charge is 0.308 e. The van der Waals surface area contributed by atoms with E-state index >= 15 is 0 Å². The summed E-state index contributed by atoms with van der Waals surface area (Å²) in [4.78, 5) is 25.1. The highest BCUT2D eigenvalue weighted by molar-refractivity contribution is 5.89. The van der Waals surface area contributed by atoms with Gasteiger partial charge in [0.15, 0.2) is 0 Å². The molecule has 19 heavy (non-hydrogen) atoms. The molecule has 104 valence electrons. The van der Waals surface area contributed by atoms with Crippen molar-refractivity contribution < 1.29 is 14.7 Å². The first-order valence-corrected chi connectivity index (χ1v) is 7.38. The van der Waals surface area contributed by atoms with Crippen LogP contribution in [-0.4, -0.2) is 35.0 Å². The minimum atomic E-state index is -0.772. The van der Waals surface area contributed by atoms with E-state index in [2.05, 4.69) is 0 Å². The van der Waals surface area contributed by atoms with Gasteiger partial charge in [-0.25, -0.2) is 0 Å². The molecule has 3 fully saturated rings. The van der Waals surface area contributed by atoms with Gasteiger partial charge < -0.3 is 10.0 Å². The molecule has 0 spiro atoms. The molecule has 4 nitrogen and oxygen atoms in total. The summed E-state index contributed by atoms with van der Waals surface area (Å²) in [5.41, 5.74) is 1.35. The monoisotopic (exact) mass is 263 g/mol. The van der Waals surface area contributed by atoms with Crippen molar-refractivity contribution in [2.24, 2.45) is 17.8 Å². The Hall–Kier alpha value is -1.32. The first kappa shape index (κ1) is 12.7. The third kappa shape index (κ3) is 2.99. The van der Waals surface area contributed by atoms with Gasteiger partial charge in [-0.15, -0.1) is 0 Å². The van der Waals surface area contributed by atoms with Gasteiger partial charge in [-0.3, -0.25) is 9.59 Å². The van der Waals surface area contributed by atoms with Crippen LogP contribution in [0.15, 0.2) is 11.6 Å². The maximum absolute atomic E-state index is 12.3. The summed E-state index contributed by atoms with van der Waals surface area (Å²) < 4.78 is 0. The fraction of sp³-hybridized carbons (Fsp3) is 0.733. The fourth-order valence-corrected chi connectivity index (χ4v) is 3.02. The number of hydrogen-bond donors (Lipinski definition) is 1. The molecule has 0 aromatic rings. The third-order valence-electron chi connectivity index (χ3n) is 4.47. The van der Waals surface area contributed by atoms with Crippen LogP contribution in [0.3, 0.4) is 0 Å². The van der Waals surface area contributed by atoms with Gasteiger partial charge in [-0.1, -0.05) is 5.57 Å². The second-order valence-electron chi connectivity index (χ2n) is 6.15. The van der Waals surface area contributed by atoms with Crippen LogP contribution in [0.5, 0.6) is 0 Å². The maximum Gasteiger partial charge on any atom is 0.308 e. The lowest BCUT2D eigenvalue weighted by atomic mass is 9.97. The topological polar surface area (TPSA) is 57.6 Å². The summed E-state index contributed by atoms with van der Waals surface area (Å²) in [6, 6.07) is 0. The molecule has 4 heteroatoms. The first-order chi connectivity index (χ1) is 9.15. The summed E-state index contributed by atoms with van der Waals surface area (Å²) in [7, 11) is 0. The lowest BCUT2D eigenvalue weighted by Crippen LogP contribution is -2.41. The number of rotatable bonds is 4. The number of allylic oxidation sites excluding steroid dienone is 1. The number of likely N-dealkylation sites (tertiary alicyclic amines) is 1. The van der Waals surface area contributed by atoms with E-state index in [1.165, 1.54) is 31.3 Å². The van der Waals surface area contributed by atoms with E-state index in [1.807, 2.05) is 6.08 Å². The van der Waals surface area contributed by atoms with Crippen LogP contribution in [-0.2, 0) is 9.59 Å². The minimum absolute atomic E-state index is 0.0414. The van der Waals surface area contributed by atoms with Crippen molar-refractivity contribution in [1.29, 1.82) is 0 Å². The molecule has 1 aliphatic heterocycles. The van der Waals surface area contributed by atoms with Crippen LogP contribution >= 0.6 is 0 Å². The van der Waals surface area contributed by atoms with E-state index in [0.29, 0.717) is 31.3 Å². The van der Waals surface area contributed by atoms with Crippen LogP contribution in [0.4, 0.5) is 0 Å². The van der Waals surface area contributed by atoms with E-state index < -0.39 is 5.97 Å². The average Bonchev–Trinajstić information content (AvgIpc) is 3.29. The zero-order chi connectivity index (χ0) is 13.4. The zero-order valence-corrected chi connectivity index (χ0v) is 11.2. The molecule has 0 aromatic heterocycles. The van der Waals surface area contributed by atoms with Crippen molar-refractivity contribution in [3.05, 3.63) is 11.6 Å². The van der Waals surface area contributed by atoms with Gasteiger partial charge in [0.2, 0.25) is 5.91 Å². The molecular weight excluding hydrogens is 242 g/mol. The maximum atomic E-state index is 12.3. The average molecular weight is 263 g/mol. The largest absolute Gasteiger partial charge is 0.481 e. The number of carbonyl (C=O) groups excluding carboxylic acids is 1. The molecule has 2 saturated carbocycles. The SMILES string of the molecule is O=C(O)[C@@H]1CCCN(C(=O)C=C(C2CC2)C2CC2)C1. The van der Waals surface area contributed by atoms with Crippen LogP contribution in [0.1, 0.15) is 38.5 Å². The van der Waals surface area contributed by atoms with E-state index in [-0.39, 0.29) is 11.8 Å². The number of nitrogens with zero attached hydrogens (tertiary/aromatic N) is 1. The second-order valence-corrected chi connectivity index (χ2v) is 6.15. The molecule has 1 saturated heterocycles. The number of carbonyl (C=O) groups is 2. The predicted molar refractivity (Wildman–Crippen MR) is 70.5 cm³/mol. The molecule has 1 N–H and O–H groups in total. The lowest BCUT2D eigenvalue weighted by molar-refractivity contribution is -0.144. The minimum Gasteiger partial charge on any atom is -0.481 e. The van der Waals surface area contributed by atoms with Crippen molar-refractivity contribution in [3.63, 3.8) is 0 Å². The Morgan fingerprint density at radius 3 is 2.16 bits per heavy atom. The van der Waals surface area contributed by atoms with Crippen molar-refractivity contribution in [3.8, 4) is 0 Å². The quantitative estimate of drug-likeness (QED) is 0.790. The van der Waals surface area contributed by atoms with Gasteiger partial charge in [-0.2, -0.15) is 0 Å². The lowest BCUT2D eigenvalue weighted by Gasteiger charge is -2.30. The van der Waals surface area contributed by atoms with Crippen LogP contribution in [0.2, 0.25) is 0 Å². The molecule has 0 aromatic carbocycles. The Bertz CT molecular complexity index is 407. The van der Waals surface area contributed by atoms with Crippen LogP contribution < -0.4 is 0 Å². The molecule has 0 unspecified atom stereocenters. The van der Waals surface area contributed by atoms with E-state index in [9.17, 15) is 9.59 Å². The molecule has 1 heterocycles. The number of hydrogen-bond acceptors (Lipinski definition) is 2. The number of piperidine rings is 1. The molecule has 0 bridgehead atoms. The van der Waals surface area contributed by atoms with Crippen LogP contribution in [0.25, 0.3) is 0 Å².